The van der Waals surface area contributed by atoms with Crippen molar-refractivity contribution in [1.82, 2.24) is 19.6 Å². The van der Waals surface area contributed by atoms with Crippen LogP contribution in [0.15, 0.2) is 6.20 Å². The Morgan fingerprint density at radius 3 is 2.63 bits per heavy atom. The predicted octanol–water partition coefficient (Wildman–Crippen LogP) is 1.14. The lowest BCUT2D eigenvalue weighted by Crippen LogP contribution is -2.49. The maximum Gasteiger partial charge on any atom is 0.257 e. The molecule has 1 aliphatic heterocycles. The minimum atomic E-state index is 0.128. The molecule has 0 bridgehead atoms. The van der Waals surface area contributed by atoms with Gasteiger partial charge in [0.25, 0.3) is 5.91 Å². The molecule has 0 saturated carbocycles. The van der Waals surface area contributed by atoms with Gasteiger partial charge in [0.1, 0.15) is 0 Å². The summed E-state index contributed by atoms with van der Waals surface area (Å²) in [6.45, 7) is 6.62. The molecule has 1 aromatic heterocycles. The van der Waals surface area contributed by atoms with Gasteiger partial charge in [-0.3, -0.25) is 14.4 Å². The van der Waals surface area contributed by atoms with Gasteiger partial charge in [-0.25, -0.2) is 0 Å². The third kappa shape index (κ3) is 3.36. The lowest BCUT2D eigenvalue weighted by molar-refractivity contribution is 0.0644. The average Bonchev–Trinajstić information content (AvgIpc) is 2.80. The average molecular weight is 329 g/mol. The summed E-state index contributed by atoms with van der Waals surface area (Å²) in [6.07, 6.45) is 2.64. The second kappa shape index (κ2) is 6.52. The summed E-state index contributed by atoms with van der Waals surface area (Å²) in [7, 11) is 1.86. The van der Waals surface area contributed by atoms with E-state index in [2.05, 4.69) is 25.9 Å². The number of aryl methyl sites for hydroxylation is 2. The number of amides is 1. The molecule has 106 valence electrons. The Balaban J connectivity index is 2.01. The molecule has 5 nitrogen and oxygen atoms in total. The van der Waals surface area contributed by atoms with Gasteiger partial charge in [0.2, 0.25) is 0 Å². The molecule has 0 N–H and O–H groups in total. The molecule has 19 heavy (non-hydrogen) atoms. The van der Waals surface area contributed by atoms with Crippen LogP contribution in [0, 0.1) is 0 Å². The zero-order valence-electron chi connectivity index (χ0n) is 11.6. The van der Waals surface area contributed by atoms with Crippen molar-refractivity contribution in [3.63, 3.8) is 0 Å². The third-order valence-electron chi connectivity index (χ3n) is 3.53. The Labute approximate surface area is 122 Å². The van der Waals surface area contributed by atoms with Crippen LogP contribution in [0.4, 0.5) is 0 Å². The summed E-state index contributed by atoms with van der Waals surface area (Å²) in [6, 6.07) is 0. The van der Waals surface area contributed by atoms with Gasteiger partial charge in [-0.05, 0) is 6.42 Å². The fourth-order valence-electron chi connectivity index (χ4n) is 2.44. The molecular formula is C13H21BrN4O. The lowest BCUT2D eigenvalue weighted by atomic mass is 10.1. The number of nitrogens with zero attached hydrogens (tertiary/aromatic N) is 4. The van der Waals surface area contributed by atoms with Crippen LogP contribution in [-0.4, -0.2) is 63.5 Å². The molecule has 2 heterocycles. The van der Waals surface area contributed by atoms with E-state index >= 15 is 0 Å². The molecule has 1 fully saturated rings. The monoisotopic (exact) mass is 328 g/mol. The highest BCUT2D eigenvalue weighted by molar-refractivity contribution is 9.09. The second-order valence-corrected chi connectivity index (χ2v) is 5.63. The molecule has 1 saturated heterocycles. The third-order valence-corrected chi connectivity index (χ3v) is 3.89. The van der Waals surface area contributed by atoms with Gasteiger partial charge in [-0.1, -0.05) is 22.9 Å². The summed E-state index contributed by atoms with van der Waals surface area (Å²) < 4.78 is 1.73. The predicted molar refractivity (Wildman–Crippen MR) is 78.7 cm³/mol. The largest absolute Gasteiger partial charge is 0.336 e. The summed E-state index contributed by atoms with van der Waals surface area (Å²) in [5, 5.41) is 5.33. The van der Waals surface area contributed by atoms with Gasteiger partial charge in [0, 0.05) is 51.3 Å². The highest BCUT2D eigenvalue weighted by Crippen LogP contribution is 2.13. The van der Waals surface area contributed by atoms with Gasteiger partial charge < -0.3 is 4.90 Å². The fraction of sp³-hybridized carbons (Fsp3) is 0.692. The molecule has 6 heteroatoms. The van der Waals surface area contributed by atoms with Crippen LogP contribution < -0.4 is 0 Å². The van der Waals surface area contributed by atoms with E-state index in [4.69, 9.17) is 0 Å². The first-order chi connectivity index (χ1) is 9.15. The second-order valence-electron chi connectivity index (χ2n) is 4.84. The van der Waals surface area contributed by atoms with Crippen molar-refractivity contribution in [2.75, 3.05) is 38.1 Å². The minimum Gasteiger partial charge on any atom is -0.336 e. The van der Waals surface area contributed by atoms with Crippen LogP contribution >= 0.6 is 15.9 Å². The molecule has 1 aromatic rings. The lowest BCUT2D eigenvalue weighted by Gasteiger charge is -2.34. The minimum absolute atomic E-state index is 0.128. The molecular weight excluding hydrogens is 308 g/mol. The van der Waals surface area contributed by atoms with E-state index in [9.17, 15) is 4.79 Å². The Morgan fingerprint density at radius 2 is 2.05 bits per heavy atom. The van der Waals surface area contributed by atoms with Crippen LogP contribution in [0.5, 0.6) is 0 Å². The van der Waals surface area contributed by atoms with Crippen molar-refractivity contribution in [3.8, 4) is 0 Å². The molecule has 1 aliphatic rings. The van der Waals surface area contributed by atoms with Crippen molar-refractivity contribution in [1.29, 1.82) is 0 Å². The standard InChI is InChI=1S/C13H21BrN4O/c1-3-12-11(10-16(2)15-12)13(19)18-8-6-17(5-4-14)7-9-18/h10H,3-9H2,1-2H3. The van der Waals surface area contributed by atoms with Crippen molar-refractivity contribution < 1.29 is 4.79 Å². The maximum absolute atomic E-state index is 12.5. The van der Waals surface area contributed by atoms with Crippen LogP contribution in [0.2, 0.25) is 0 Å². The number of rotatable bonds is 4. The molecule has 0 aromatic carbocycles. The first kappa shape index (κ1) is 14.5. The van der Waals surface area contributed by atoms with Gasteiger partial charge >= 0.3 is 0 Å². The Kier molecular flexibility index (Phi) is 4.99. The number of carbonyl (C=O) groups excluding carboxylic acids is 1. The quantitative estimate of drug-likeness (QED) is 0.778. The van der Waals surface area contributed by atoms with E-state index in [1.807, 2.05) is 25.1 Å². The summed E-state index contributed by atoms with van der Waals surface area (Å²) >= 11 is 3.45. The summed E-state index contributed by atoms with van der Waals surface area (Å²) in [4.78, 5) is 16.8. The van der Waals surface area contributed by atoms with E-state index < -0.39 is 0 Å². The van der Waals surface area contributed by atoms with Crippen molar-refractivity contribution in [2.45, 2.75) is 13.3 Å². The number of hydrogen-bond donors (Lipinski definition) is 0. The van der Waals surface area contributed by atoms with E-state index in [1.165, 1.54) is 0 Å². The summed E-state index contributed by atoms with van der Waals surface area (Å²) in [5.41, 5.74) is 1.66. The zero-order chi connectivity index (χ0) is 13.8. The Bertz CT molecular complexity index is 438. The Morgan fingerprint density at radius 1 is 1.37 bits per heavy atom. The molecule has 1 amide bonds. The topological polar surface area (TPSA) is 41.4 Å². The van der Waals surface area contributed by atoms with E-state index in [-0.39, 0.29) is 5.91 Å². The van der Waals surface area contributed by atoms with Crippen LogP contribution in [0.3, 0.4) is 0 Å². The normalized spacial score (nSPS) is 16.9. The van der Waals surface area contributed by atoms with Crippen molar-refractivity contribution in [2.24, 2.45) is 7.05 Å². The van der Waals surface area contributed by atoms with E-state index in [0.29, 0.717) is 0 Å². The SMILES string of the molecule is CCc1nn(C)cc1C(=O)N1CCN(CCBr)CC1. The smallest absolute Gasteiger partial charge is 0.257 e. The van der Waals surface area contributed by atoms with Crippen LogP contribution in [0.1, 0.15) is 23.0 Å². The maximum atomic E-state index is 12.5. The molecule has 0 radical (unpaired) electrons. The first-order valence-electron chi connectivity index (χ1n) is 6.75. The van der Waals surface area contributed by atoms with E-state index in [0.717, 1.165) is 55.7 Å². The number of alkyl halides is 1. The van der Waals surface area contributed by atoms with Gasteiger partial charge in [0.15, 0.2) is 0 Å². The number of hydrogen-bond acceptors (Lipinski definition) is 3. The molecule has 0 spiro atoms. The summed E-state index contributed by atoms with van der Waals surface area (Å²) in [5.74, 6) is 0.128. The van der Waals surface area contributed by atoms with Crippen molar-refractivity contribution >= 4 is 21.8 Å². The Hall–Kier alpha value is -0.880. The zero-order valence-corrected chi connectivity index (χ0v) is 13.2. The first-order valence-corrected chi connectivity index (χ1v) is 7.88. The number of aromatic nitrogens is 2. The van der Waals surface area contributed by atoms with Gasteiger partial charge in [-0.2, -0.15) is 5.10 Å². The van der Waals surface area contributed by atoms with Gasteiger partial charge in [-0.15, -0.1) is 0 Å². The number of halogens is 1. The number of carbonyl (C=O) groups is 1. The fourth-order valence-corrected chi connectivity index (χ4v) is 2.94. The van der Waals surface area contributed by atoms with Gasteiger partial charge in [0.05, 0.1) is 11.3 Å². The van der Waals surface area contributed by atoms with Crippen molar-refractivity contribution in [3.05, 3.63) is 17.5 Å². The molecule has 0 atom stereocenters. The highest BCUT2D eigenvalue weighted by Gasteiger charge is 2.24. The molecule has 0 unspecified atom stereocenters. The highest BCUT2D eigenvalue weighted by atomic mass is 79.9. The van der Waals surface area contributed by atoms with Crippen LogP contribution in [0.25, 0.3) is 0 Å². The number of piperazine rings is 1. The molecule has 0 aliphatic carbocycles. The van der Waals surface area contributed by atoms with E-state index in [1.54, 1.807) is 4.68 Å². The van der Waals surface area contributed by atoms with Crippen LogP contribution in [-0.2, 0) is 13.5 Å². The molecule has 2 rings (SSSR count).